The van der Waals surface area contributed by atoms with Gasteiger partial charge < -0.3 is 59.3 Å². The number of nitrogens with two attached hydrogens (primary N) is 3. The molecule has 4 aromatic carbocycles. The first-order chi connectivity index (χ1) is 31.1. The molecule has 4 atom stereocenters. The molecular weight excluding hydrogens is 837 g/mol. The predicted octanol–water partition coefficient (Wildman–Crippen LogP) is 0.997. The van der Waals surface area contributed by atoms with E-state index in [1.54, 1.807) is 74.5 Å². The molecule has 65 heavy (non-hydrogen) atoms. The van der Waals surface area contributed by atoms with Crippen LogP contribution in [0.15, 0.2) is 91.0 Å². The van der Waals surface area contributed by atoms with Gasteiger partial charge in [-0.05, 0) is 66.4 Å². The number of aliphatic hydroxyl groups is 1. The van der Waals surface area contributed by atoms with E-state index >= 15 is 0 Å². The van der Waals surface area contributed by atoms with Crippen molar-refractivity contribution in [1.29, 1.82) is 0 Å². The second-order valence-electron chi connectivity index (χ2n) is 15.7. The van der Waals surface area contributed by atoms with E-state index in [0.29, 0.717) is 39.8 Å². The SMILES string of the molecule is CC(C)[C@H](NC(=O)[C@H](CC(N)=O)NC(=O)CCCN)C(=O)NCc1ccc(Nc2c3ccccc3nc3c(C(=O)N[C@@H](CO)C(=O)N[C@@H](Cc4ccc(O)cc4)C(N)=O)cccc23)cc1. The summed E-state index contributed by atoms with van der Waals surface area (Å²) in [6.07, 6.45) is -0.00540. The minimum absolute atomic E-state index is 0.00530. The van der Waals surface area contributed by atoms with Crippen LogP contribution in [0.4, 0.5) is 11.4 Å². The first-order valence-electron chi connectivity index (χ1n) is 20.9. The molecule has 0 saturated heterocycles. The number of para-hydroxylation sites is 2. The van der Waals surface area contributed by atoms with Gasteiger partial charge in [0.15, 0.2) is 0 Å². The molecule has 0 radical (unpaired) electrons. The molecule has 1 heterocycles. The summed E-state index contributed by atoms with van der Waals surface area (Å²) in [5, 5.41) is 37.5. The molecule has 1 aromatic heterocycles. The number of rotatable bonds is 22. The summed E-state index contributed by atoms with van der Waals surface area (Å²) in [5.74, 6) is -5.22. The van der Waals surface area contributed by atoms with E-state index in [-0.39, 0.29) is 43.2 Å². The van der Waals surface area contributed by atoms with Crippen LogP contribution in [0.3, 0.4) is 0 Å². The fourth-order valence-corrected chi connectivity index (χ4v) is 6.90. The first kappa shape index (κ1) is 48.4. The minimum atomic E-state index is -1.46. The van der Waals surface area contributed by atoms with Crippen molar-refractivity contribution in [2.24, 2.45) is 23.1 Å². The highest BCUT2D eigenvalue weighted by Crippen LogP contribution is 2.34. The maximum absolute atomic E-state index is 13.8. The summed E-state index contributed by atoms with van der Waals surface area (Å²) in [5.41, 5.74) is 19.9. The van der Waals surface area contributed by atoms with Gasteiger partial charge in [-0.3, -0.25) is 33.6 Å². The standard InChI is InChI=1S/C46H54N10O9/c1-25(2)39(56-44(63)35(22-37(48)59)52-38(60)11-6-20-47)46(65)50-23-27-12-16-28(17-13-27)51-40-30-7-3-4-10-33(30)53-41-31(40)8-5-9-32(41)43(62)55-36(24-57)45(64)54-34(42(49)61)21-26-14-18-29(58)19-15-26/h3-5,7-10,12-19,25,34-36,39,57-58H,6,11,20-24,47H2,1-2H3,(H2,48,59)(H2,49,61)(H,50,65)(H,51,53)(H,52,60)(H,54,64)(H,55,62)(H,56,63)/t34-,35-,36-,39-/m0/s1. The summed E-state index contributed by atoms with van der Waals surface area (Å²) in [7, 11) is 0. The number of phenols is 1. The van der Waals surface area contributed by atoms with Gasteiger partial charge in [0.1, 0.15) is 29.9 Å². The molecule has 0 aliphatic carbocycles. The number of aromatic nitrogens is 1. The third-order valence-electron chi connectivity index (χ3n) is 10.4. The third kappa shape index (κ3) is 13.2. The van der Waals surface area contributed by atoms with E-state index in [2.05, 4.69) is 31.9 Å². The molecular formula is C46H54N10O9. The molecule has 5 rings (SSSR count). The lowest BCUT2D eigenvalue weighted by molar-refractivity contribution is -0.134. The Morgan fingerprint density at radius 2 is 1.37 bits per heavy atom. The number of carbonyl (C=O) groups excluding carboxylic acids is 7. The maximum Gasteiger partial charge on any atom is 0.254 e. The van der Waals surface area contributed by atoms with Gasteiger partial charge in [0.25, 0.3) is 5.91 Å². The van der Waals surface area contributed by atoms with Crippen LogP contribution >= 0.6 is 0 Å². The molecule has 0 fully saturated rings. The summed E-state index contributed by atoms with van der Waals surface area (Å²) < 4.78 is 0. The number of benzene rings is 4. The number of amides is 7. The molecule has 0 saturated carbocycles. The number of aromatic hydroxyl groups is 1. The van der Waals surface area contributed by atoms with Gasteiger partial charge in [-0.25, -0.2) is 4.98 Å². The van der Waals surface area contributed by atoms with Crippen molar-refractivity contribution in [3.63, 3.8) is 0 Å². The van der Waals surface area contributed by atoms with Gasteiger partial charge >= 0.3 is 0 Å². The van der Waals surface area contributed by atoms with E-state index in [4.69, 9.17) is 22.2 Å². The molecule has 5 aromatic rings. The van der Waals surface area contributed by atoms with E-state index < -0.39 is 78.5 Å². The van der Waals surface area contributed by atoms with E-state index in [1.807, 2.05) is 12.1 Å². The lowest BCUT2D eigenvalue weighted by atomic mass is 10.0. The summed E-state index contributed by atoms with van der Waals surface area (Å²) in [6.45, 7) is 3.07. The molecule has 0 spiro atoms. The highest BCUT2D eigenvalue weighted by molar-refractivity contribution is 6.15. The van der Waals surface area contributed by atoms with Gasteiger partial charge in [-0.1, -0.05) is 68.4 Å². The lowest BCUT2D eigenvalue weighted by Crippen LogP contribution is -2.56. The van der Waals surface area contributed by atoms with Crippen LogP contribution in [0.1, 0.15) is 54.6 Å². The molecule has 0 bridgehead atoms. The Hall–Kier alpha value is -7.64. The quantitative estimate of drug-likeness (QED) is 0.0434. The van der Waals surface area contributed by atoms with E-state index in [1.165, 1.54) is 18.2 Å². The maximum atomic E-state index is 13.8. The number of nitrogens with one attached hydrogen (secondary N) is 6. The highest BCUT2D eigenvalue weighted by Gasteiger charge is 2.30. The van der Waals surface area contributed by atoms with Gasteiger partial charge in [0.05, 0.1) is 35.3 Å². The Balaban J connectivity index is 1.29. The summed E-state index contributed by atoms with van der Waals surface area (Å²) >= 11 is 0. The Kier molecular flexibility index (Phi) is 16.9. The zero-order valence-electron chi connectivity index (χ0n) is 35.9. The van der Waals surface area contributed by atoms with Crippen LogP contribution in [0.2, 0.25) is 0 Å². The largest absolute Gasteiger partial charge is 0.508 e. The summed E-state index contributed by atoms with van der Waals surface area (Å²) in [6, 6.07) is 20.6. The number of hydrogen-bond donors (Lipinski definition) is 11. The average Bonchev–Trinajstić information content (AvgIpc) is 3.28. The predicted molar refractivity (Wildman–Crippen MR) is 243 cm³/mol. The van der Waals surface area contributed by atoms with Crippen LogP contribution in [0.5, 0.6) is 5.75 Å². The molecule has 0 aliphatic heterocycles. The minimum Gasteiger partial charge on any atom is -0.508 e. The lowest BCUT2D eigenvalue weighted by Gasteiger charge is -2.25. The number of carbonyl (C=O) groups is 7. The number of aliphatic hydroxyl groups excluding tert-OH is 1. The van der Waals surface area contributed by atoms with E-state index in [9.17, 15) is 43.8 Å². The fraction of sp³-hybridized carbons (Fsp3) is 0.304. The highest BCUT2D eigenvalue weighted by atomic mass is 16.3. The number of pyridine rings is 1. The number of primary amides is 2. The number of hydrogen-bond acceptors (Lipinski definition) is 12. The Morgan fingerprint density at radius 3 is 2.02 bits per heavy atom. The van der Waals surface area contributed by atoms with Crippen LogP contribution in [0, 0.1) is 5.92 Å². The zero-order valence-corrected chi connectivity index (χ0v) is 35.9. The molecule has 19 heteroatoms. The topological polar surface area (TPSA) is 323 Å². The van der Waals surface area contributed by atoms with Crippen molar-refractivity contribution in [2.75, 3.05) is 18.5 Å². The van der Waals surface area contributed by atoms with Gasteiger partial charge in [0.2, 0.25) is 35.4 Å². The van der Waals surface area contributed by atoms with Crippen molar-refractivity contribution in [1.82, 2.24) is 31.6 Å². The van der Waals surface area contributed by atoms with Crippen LogP contribution in [-0.4, -0.2) is 93.9 Å². The fourth-order valence-electron chi connectivity index (χ4n) is 6.90. The normalized spacial score (nSPS) is 12.9. The zero-order chi connectivity index (χ0) is 47.2. The van der Waals surface area contributed by atoms with Crippen LogP contribution in [-0.2, 0) is 41.7 Å². The number of anilines is 2. The Labute approximate surface area is 374 Å². The third-order valence-corrected chi connectivity index (χ3v) is 10.4. The van der Waals surface area contributed by atoms with Crippen molar-refractivity contribution < 1.29 is 43.8 Å². The van der Waals surface area contributed by atoms with Crippen molar-refractivity contribution >= 4 is 74.5 Å². The van der Waals surface area contributed by atoms with E-state index in [0.717, 1.165) is 10.9 Å². The Bertz CT molecular complexity index is 2530. The smallest absolute Gasteiger partial charge is 0.254 e. The molecule has 14 N–H and O–H groups in total. The van der Waals surface area contributed by atoms with Crippen molar-refractivity contribution in [3.05, 3.63) is 108 Å². The Morgan fingerprint density at radius 1 is 0.708 bits per heavy atom. The second-order valence-corrected chi connectivity index (χ2v) is 15.7. The molecule has 7 amide bonds. The number of nitrogens with zero attached hydrogens (tertiary/aromatic N) is 1. The van der Waals surface area contributed by atoms with Gasteiger partial charge in [-0.2, -0.15) is 0 Å². The second kappa shape index (κ2) is 22.6. The van der Waals surface area contributed by atoms with Crippen LogP contribution in [0.25, 0.3) is 21.8 Å². The van der Waals surface area contributed by atoms with Gasteiger partial charge in [-0.15, -0.1) is 0 Å². The van der Waals surface area contributed by atoms with Crippen LogP contribution < -0.4 is 49.1 Å². The molecule has 19 nitrogen and oxygen atoms in total. The number of fused-ring (bicyclic) bond motifs is 2. The molecule has 342 valence electrons. The van der Waals surface area contributed by atoms with Crippen molar-refractivity contribution in [3.8, 4) is 5.75 Å². The first-order valence-corrected chi connectivity index (χ1v) is 20.9. The average molecular weight is 891 g/mol. The van der Waals surface area contributed by atoms with Gasteiger partial charge in [0, 0.05) is 35.8 Å². The number of phenolic OH excluding ortho intramolecular Hbond substituents is 1. The molecule has 0 aliphatic rings. The summed E-state index contributed by atoms with van der Waals surface area (Å²) in [4.78, 5) is 94.7. The monoisotopic (exact) mass is 890 g/mol. The van der Waals surface area contributed by atoms with Crippen molar-refractivity contribution in [2.45, 2.75) is 70.2 Å². The molecule has 0 unspecified atom stereocenters.